The summed E-state index contributed by atoms with van der Waals surface area (Å²) < 4.78 is 0. The third-order valence-electron chi connectivity index (χ3n) is 2.40. The number of nitrogens with zero attached hydrogens (tertiary/aromatic N) is 3. The fourth-order valence-electron chi connectivity index (χ4n) is 1.39. The van der Waals surface area contributed by atoms with Gasteiger partial charge in [-0.05, 0) is 12.8 Å². The Labute approximate surface area is 89.7 Å². The molecule has 0 saturated heterocycles. The van der Waals surface area contributed by atoms with E-state index in [1.165, 1.54) is 0 Å². The van der Waals surface area contributed by atoms with E-state index in [1.54, 1.807) is 0 Å². The predicted octanol–water partition coefficient (Wildman–Crippen LogP) is 0.0310. The molecular formula is C10H18N4O. The third kappa shape index (κ3) is 2.70. The molecule has 84 valence electrons. The summed E-state index contributed by atoms with van der Waals surface area (Å²) in [6.45, 7) is 4.36. The van der Waals surface area contributed by atoms with Crippen LogP contribution in [0.3, 0.4) is 0 Å². The fourth-order valence-corrected chi connectivity index (χ4v) is 1.39. The second-order valence-corrected chi connectivity index (χ2v) is 3.39. The molecule has 0 saturated carbocycles. The molecule has 5 heteroatoms. The Kier molecular flexibility index (Phi) is 4.58. The van der Waals surface area contributed by atoms with Crippen LogP contribution in [0, 0.1) is 0 Å². The zero-order valence-corrected chi connectivity index (χ0v) is 9.27. The number of aromatic nitrogens is 3. The second-order valence-electron chi connectivity index (χ2n) is 3.39. The van der Waals surface area contributed by atoms with Crippen LogP contribution in [0.15, 0.2) is 0 Å². The Hall–Kier alpha value is -1.07. The van der Waals surface area contributed by atoms with Gasteiger partial charge in [-0.25, -0.2) is 4.98 Å². The molecule has 5 nitrogen and oxygen atoms in total. The van der Waals surface area contributed by atoms with E-state index in [0.29, 0.717) is 12.4 Å². The highest BCUT2D eigenvalue weighted by Gasteiger charge is 2.14. The molecule has 3 N–H and O–H groups in total. The van der Waals surface area contributed by atoms with Gasteiger partial charge in [0, 0.05) is 6.54 Å². The highest BCUT2D eigenvalue weighted by atomic mass is 16.3. The van der Waals surface area contributed by atoms with Crippen molar-refractivity contribution in [3.63, 3.8) is 0 Å². The lowest BCUT2D eigenvalue weighted by atomic mass is 10.1. The third-order valence-corrected chi connectivity index (χ3v) is 2.40. The first-order chi connectivity index (χ1) is 7.26. The molecule has 0 aliphatic heterocycles. The molecule has 1 rings (SSSR count). The molecule has 0 amide bonds. The highest BCUT2D eigenvalue weighted by molar-refractivity contribution is 5.11. The summed E-state index contributed by atoms with van der Waals surface area (Å²) in [5, 5.41) is 17.2. The molecule has 0 fully saturated rings. The minimum atomic E-state index is -0.200. The maximum absolute atomic E-state index is 9.08. The number of hydrogen-bond acceptors (Lipinski definition) is 5. The summed E-state index contributed by atoms with van der Waals surface area (Å²) in [6.07, 6.45) is 1.66. The van der Waals surface area contributed by atoms with Gasteiger partial charge in [0.15, 0.2) is 5.82 Å². The average molecular weight is 210 g/mol. The van der Waals surface area contributed by atoms with Crippen molar-refractivity contribution in [1.82, 2.24) is 15.2 Å². The van der Waals surface area contributed by atoms with E-state index in [2.05, 4.69) is 15.2 Å². The van der Waals surface area contributed by atoms with E-state index in [0.717, 1.165) is 24.2 Å². The molecule has 1 atom stereocenters. The summed E-state index contributed by atoms with van der Waals surface area (Å²) in [6, 6.07) is 0. The minimum absolute atomic E-state index is 0.0349. The maximum Gasteiger partial charge on any atom is 0.157 e. The van der Waals surface area contributed by atoms with Gasteiger partial charge in [-0.15, -0.1) is 5.10 Å². The first kappa shape index (κ1) is 12.0. The quantitative estimate of drug-likeness (QED) is 0.716. The van der Waals surface area contributed by atoms with Crippen LogP contribution in [0.25, 0.3) is 0 Å². The van der Waals surface area contributed by atoms with E-state index in [4.69, 9.17) is 10.8 Å². The number of aliphatic hydroxyl groups is 1. The van der Waals surface area contributed by atoms with Crippen molar-refractivity contribution in [2.24, 2.45) is 5.73 Å². The standard InChI is InChI=1S/C10H18N4O/c1-3-8-9(4-2)13-14-10(12-8)7(5-11)6-15/h7,15H,3-6,11H2,1-2H3. The number of nitrogens with two attached hydrogens (primary N) is 1. The predicted molar refractivity (Wildman–Crippen MR) is 57.5 cm³/mol. The molecular weight excluding hydrogens is 192 g/mol. The Morgan fingerprint density at radius 1 is 1.20 bits per heavy atom. The van der Waals surface area contributed by atoms with Crippen LogP contribution >= 0.6 is 0 Å². The van der Waals surface area contributed by atoms with Gasteiger partial charge in [0.05, 0.1) is 23.9 Å². The van der Waals surface area contributed by atoms with Crippen molar-refractivity contribution in [2.75, 3.05) is 13.2 Å². The Bertz CT molecular complexity index is 312. The van der Waals surface area contributed by atoms with Crippen molar-refractivity contribution in [2.45, 2.75) is 32.6 Å². The molecule has 1 aromatic heterocycles. The molecule has 0 aromatic carbocycles. The number of aliphatic hydroxyl groups excluding tert-OH is 1. The van der Waals surface area contributed by atoms with E-state index in [1.807, 2.05) is 13.8 Å². The van der Waals surface area contributed by atoms with Gasteiger partial charge < -0.3 is 10.8 Å². The molecule has 0 aliphatic carbocycles. The molecule has 0 aliphatic rings. The summed E-state index contributed by atoms with van der Waals surface area (Å²) in [5.74, 6) is 0.350. The molecule has 1 unspecified atom stereocenters. The van der Waals surface area contributed by atoms with Crippen LogP contribution in [0.2, 0.25) is 0 Å². The molecule has 0 bridgehead atoms. The SMILES string of the molecule is CCc1nnc(C(CN)CO)nc1CC. The summed E-state index contributed by atoms with van der Waals surface area (Å²) in [4.78, 5) is 4.39. The van der Waals surface area contributed by atoms with Crippen molar-refractivity contribution < 1.29 is 5.11 Å². The van der Waals surface area contributed by atoms with E-state index in [9.17, 15) is 0 Å². The van der Waals surface area contributed by atoms with Crippen LogP contribution in [0.1, 0.15) is 37.0 Å². The zero-order valence-electron chi connectivity index (χ0n) is 9.27. The van der Waals surface area contributed by atoms with Crippen LogP contribution < -0.4 is 5.73 Å². The van der Waals surface area contributed by atoms with Crippen LogP contribution in [-0.2, 0) is 12.8 Å². The fraction of sp³-hybridized carbons (Fsp3) is 0.700. The van der Waals surface area contributed by atoms with Gasteiger partial charge >= 0.3 is 0 Å². The summed E-state index contributed by atoms with van der Waals surface area (Å²) in [5.41, 5.74) is 7.39. The summed E-state index contributed by atoms with van der Waals surface area (Å²) in [7, 11) is 0. The van der Waals surface area contributed by atoms with Crippen LogP contribution in [0.5, 0.6) is 0 Å². The lowest BCUT2D eigenvalue weighted by molar-refractivity contribution is 0.262. The van der Waals surface area contributed by atoms with Gasteiger partial charge in [-0.1, -0.05) is 13.8 Å². The smallest absolute Gasteiger partial charge is 0.157 e. The molecule has 1 heterocycles. The maximum atomic E-state index is 9.08. The van der Waals surface area contributed by atoms with Crippen molar-refractivity contribution in [3.05, 3.63) is 17.2 Å². The van der Waals surface area contributed by atoms with Gasteiger partial charge in [-0.3, -0.25) is 0 Å². The van der Waals surface area contributed by atoms with E-state index < -0.39 is 0 Å². The Balaban J connectivity index is 3.01. The number of aryl methyl sites for hydroxylation is 2. The van der Waals surface area contributed by atoms with E-state index >= 15 is 0 Å². The number of rotatable bonds is 5. The lowest BCUT2D eigenvalue weighted by Crippen LogP contribution is -2.20. The Morgan fingerprint density at radius 2 is 1.87 bits per heavy atom. The molecule has 15 heavy (non-hydrogen) atoms. The van der Waals surface area contributed by atoms with E-state index in [-0.39, 0.29) is 12.5 Å². The van der Waals surface area contributed by atoms with Gasteiger partial charge in [0.1, 0.15) is 0 Å². The topological polar surface area (TPSA) is 84.9 Å². The molecule has 1 aromatic rings. The van der Waals surface area contributed by atoms with Gasteiger partial charge in [0.2, 0.25) is 0 Å². The first-order valence-electron chi connectivity index (χ1n) is 5.30. The number of hydrogen-bond donors (Lipinski definition) is 2. The van der Waals surface area contributed by atoms with Gasteiger partial charge in [0.25, 0.3) is 0 Å². The lowest BCUT2D eigenvalue weighted by Gasteiger charge is -2.11. The minimum Gasteiger partial charge on any atom is -0.396 e. The normalized spacial score (nSPS) is 12.8. The molecule has 0 radical (unpaired) electrons. The molecule has 0 spiro atoms. The average Bonchev–Trinajstić information content (AvgIpc) is 2.30. The first-order valence-corrected chi connectivity index (χ1v) is 5.30. The highest BCUT2D eigenvalue weighted by Crippen LogP contribution is 2.10. The largest absolute Gasteiger partial charge is 0.396 e. The second kappa shape index (κ2) is 5.72. The van der Waals surface area contributed by atoms with Crippen molar-refractivity contribution >= 4 is 0 Å². The van der Waals surface area contributed by atoms with Crippen LogP contribution in [-0.4, -0.2) is 33.4 Å². The summed E-state index contributed by atoms with van der Waals surface area (Å²) >= 11 is 0. The van der Waals surface area contributed by atoms with Crippen molar-refractivity contribution in [1.29, 1.82) is 0 Å². The van der Waals surface area contributed by atoms with Gasteiger partial charge in [-0.2, -0.15) is 5.10 Å². The zero-order chi connectivity index (χ0) is 11.3. The van der Waals surface area contributed by atoms with Crippen molar-refractivity contribution in [3.8, 4) is 0 Å². The van der Waals surface area contributed by atoms with Crippen LogP contribution in [0.4, 0.5) is 0 Å². The Morgan fingerprint density at radius 3 is 2.33 bits per heavy atom. The monoisotopic (exact) mass is 210 g/mol.